The first-order valence-electron chi connectivity index (χ1n) is 6.76. The molecule has 1 aromatic carbocycles. The van der Waals surface area contributed by atoms with E-state index in [0.717, 1.165) is 10.0 Å². The van der Waals surface area contributed by atoms with Gasteiger partial charge < -0.3 is 9.47 Å². The maximum Gasteiger partial charge on any atom is 0.338 e. The van der Waals surface area contributed by atoms with Gasteiger partial charge in [-0.25, -0.2) is 9.78 Å². The zero-order chi connectivity index (χ0) is 15.9. The number of ether oxygens (including phenoxy) is 2. The number of hydrogen-bond donors (Lipinski definition) is 0. The van der Waals surface area contributed by atoms with Gasteiger partial charge in [0.05, 0.1) is 12.2 Å². The summed E-state index contributed by atoms with van der Waals surface area (Å²) in [5.41, 5.74) is 1.42. The molecular weight excluding hydrogens is 346 g/mol. The van der Waals surface area contributed by atoms with Crippen LogP contribution in [0.4, 0.5) is 0 Å². The molecule has 5 heteroatoms. The van der Waals surface area contributed by atoms with E-state index in [0.29, 0.717) is 30.2 Å². The van der Waals surface area contributed by atoms with Gasteiger partial charge in [-0.05, 0) is 41.7 Å². The number of hydrogen-bond acceptors (Lipinski definition) is 4. The van der Waals surface area contributed by atoms with Crippen LogP contribution in [-0.2, 0) is 4.74 Å². The molecule has 0 fully saturated rings. The van der Waals surface area contributed by atoms with Gasteiger partial charge in [0.15, 0.2) is 0 Å². The number of pyridine rings is 1. The second-order valence-electron chi connectivity index (χ2n) is 4.66. The molecule has 0 atom stereocenters. The predicted molar refractivity (Wildman–Crippen MR) is 88.5 cm³/mol. The van der Waals surface area contributed by atoms with Crippen molar-refractivity contribution in [2.45, 2.75) is 13.3 Å². The fraction of sp³-hybridized carbons (Fsp3) is 0.176. The summed E-state index contributed by atoms with van der Waals surface area (Å²) in [4.78, 5) is 16.0. The molecule has 0 saturated heterocycles. The smallest absolute Gasteiger partial charge is 0.338 e. The van der Waals surface area contributed by atoms with Crippen LogP contribution >= 0.6 is 15.9 Å². The molecule has 1 aromatic heterocycles. The molecule has 0 saturated carbocycles. The van der Waals surface area contributed by atoms with Gasteiger partial charge in [-0.3, -0.25) is 0 Å². The lowest BCUT2D eigenvalue weighted by atomic mass is 10.2. The summed E-state index contributed by atoms with van der Waals surface area (Å²) in [5.74, 6) is 0.801. The number of rotatable bonds is 6. The van der Waals surface area contributed by atoms with Gasteiger partial charge in [0.25, 0.3) is 0 Å². The van der Waals surface area contributed by atoms with Gasteiger partial charge in [-0.1, -0.05) is 28.6 Å². The SMILES string of the molecule is C=C(Br)CCOC(=O)c1ccc(Oc2ncccc2C)cc1. The zero-order valence-electron chi connectivity index (χ0n) is 12.2. The number of carbonyl (C=O) groups is 1. The summed E-state index contributed by atoms with van der Waals surface area (Å²) < 4.78 is 11.6. The van der Waals surface area contributed by atoms with Crippen molar-refractivity contribution >= 4 is 21.9 Å². The Morgan fingerprint density at radius 1 is 1.27 bits per heavy atom. The fourth-order valence-corrected chi connectivity index (χ4v) is 1.85. The summed E-state index contributed by atoms with van der Waals surface area (Å²) >= 11 is 3.22. The number of esters is 1. The molecule has 1 heterocycles. The molecule has 114 valence electrons. The van der Waals surface area contributed by atoms with Crippen LogP contribution in [0.25, 0.3) is 0 Å². The molecule has 0 aliphatic rings. The van der Waals surface area contributed by atoms with Gasteiger partial charge in [0.2, 0.25) is 5.88 Å². The number of aryl methyl sites for hydroxylation is 1. The third-order valence-corrected chi connectivity index (χ3v) is 3.27. The van der Waals surface area contributed by atoms with Gasteiger partial charge in [0, 0.05) is 18.2 Å². The molecule has 0 amide bonds. The van der Waals surface area contributed by atoms with Gasteiger partial charge in [0.1, 0.15) is 5.75 Å². The Morgan fingerprint density at radius 3 is 2.64 bits per heavy atom. The topological polar surface area (TPSA) is 48.4 Å². The molecule has 0 spiro atoms. The normalized spacial score (nSPS) is 10.1. The molecule has 0 bridgehead atoms. The fourth-order valence-electron chi connectivity index (χ4n) is 1.69. The summed E-state index contributed by atoms with van der Waals surface area (Å²) in [6.07, 6.45) is 2.26. The van der Waals surface area contributed by atoms with E-state index in [1.807, 2.05) is 19.1 Å². The molecule has 0 aliphatic heterocycles. The minimum Gasteiger partial charge on any atom is -0.462 e. The third-order valence-electron chi connectivity index (χ3n) is 2.87. The van der Waals surface area contributed by atoms with Crippen molar-refractivity contribution in [1.82, 2.24) is 4.98 Å². The molecule has 2 rings (SSSR count). The summed E-state index contributed by atoms with van der Waals surface area (Å²) in [7, 11) is 0. The molecule has 22 heavy (non-hydrogen) atoms. The van der Waals surface area contributed by atoms with Crippen molar-refractivity contribution in [2.24, 2.45) is 0 Å². The van der Waals surface area contributed by atoms with E-state index >= 15 is 0 Å². The molecular formula is C17H16BrNO3. The second kappa shape index (κ2) is 7.75. The first-order chi connectivity index (χ1) is 10.6. The van der Waals surface area contributed by atoms with E-state index in [-0.39, 0.29) is 5.97 Å². The molecule has 0 radical (unpaired) electrons. The number of halogens is 1. The Morgan fingerprint density at radius 2 is 2.00 bits per heavy atom. The monoisotopic (exact) mass is 361 g/mol. The lowest BCUT2D eigenvalue weighted by Crippen LogP contribution is -2.06. The zero-order valence-corrected chi connectivity index (χ0v) is 13.8. The highest BCUT2D eigenvalue weighted by molar-refractivity contribution is 9.11. The molecule has 0 aliphatic carbocycles. The average Bonchev–Trinajstić information content (AvgIpc) is 2.50. The third kappa shape index (κ3) is 4.70. The van der Waals surface area contributed by atoms with Crippen LogP contribution < -0.4 is 4.74 Å². The number of aromatic nitrogens is 1. The average molecular weight is 362 g/mol. The van der Waals surface area contributed by atoms with Crippen LogP contribution in [0.5, 0.6) is 11.6 Å². The maximum absolute atomic E-state index is 11.8. The first-order valence-corrected chi connectivity index (χ1v) is 7.55. The van der Waals surface area contributed by atoms with E-state index in [1.54, 1.807) is 30.5 Å². The van der Waals surface area contributed by atoms with Crippen LogP contribution in [0.3, 0.4) is 0 Å². The standard InChI is InChI=1S/C17H16BrNO3/c1-12-4-3-10-19-16(12)22-15-7-5-14(6-8-15)17(20)21-11-9-13(2)18/h3-8,10H,2,9,11H2,1H3. The predicted octanol–water partition coefficient (Wildman–Crippen LogP) is 4.64. The van der Waals surface area contributed by atoms with Crippen LogP contribution in [0.2, 0.25) is 0 Å². The Bertz CT molecular complexity index is 668. The highest BCUT2D eigenvalue weighted by Crippen LogP contribution is 2.22. The van der Waals surface area contributed by atoms with Crippen LogP contribution in [0, 0.1) is 6.92 Å². The van der Waals surface area contributed by atoms with Crippen LogP contribution in [0.1, 0.15) is 22.3 Å². The van der Waals surface area contributed by atoms with E-state index < -0.39 is 0 Å². The first kappa shape index (κ1) is 16.2. The number of benzene rings is 1. The van der Waals surface area contributed by atoms with Gasteiger partial charge in [-0.15, -0.1) is 0 Å². The van der Waals surface area contributed by atoms with E-state index in [9.17, 15) is 4.79 Å². The molecule has 0 unspecified atom stereocenters. The molecule has 4 nitrogen and oxygen atoms in total. The number of carbonyl (C=O) groups excluding carboxylic acids is 1. The Labute approximate surface area is 137 Å². The lowest BCUT2D eigenvalue weighted by Gasteiger charge is -2.08. The minimum absolute atomic E-state index is 0.300. The van der Waals surface area contributed by atoms with Crippen molar-refractivity contribution < 1.29 is 14.3 Å². The van der Waals surface area contributed by atoms with Gasteiger partial charge in [-0.2, -0.15) is 0 Å². The van der Waals surface area contributed by atoms with Crippen LogP contribution in [0.15, 0.2) is 53.7 Å². The van der Waals surface area contributed by atoms with Crippen molar-refractivity contribution in [2.75, 3.05) is 6.61 Å². The summed E-state index contributed by atoms with van der Waals surface area (Å²) in [6.45, 7) is 5.91. The van der Waals surface area contributed by atoms with Crippen molar-refractivity contribution in [3.63, 3.8) is 0 Å². The quantitative estimate of drug-likeness (QED) is 0.703. The van der Waals surface area contributed by atoms with Gasteiger partial charge >= 0.3 is 5.97 Å². The second-order valence-corrected chi connectivity index (χ2v) is 5.78. The maximum atomic E-state index is 11.8. The highest BCUT2D eigenvalue weighted by atomic mass is 79.9. The van der Waals surface area contributed by atoms with Crippen LogP contribution in [-0.4, -0.2) is 17.6 Å². The van der Waals surface area contributed by atoms with E-state index in [4.69, 9.17) is 9.47 Å². The molecule has 0 N–H and O–H groups in total. The largest absolute Gasteiger partial charge is 0.462 e. The Kier molecular flexibility index (Phi) is 5.72. The summed E-state index contributed by atoms with van der Waals surface area (Å²) in [6, 6.07) is 10.5. The minimum atomic E-state index is -0.366. The lowest BCUT2D eigenvalue weighted by molar-refractivity contribution is 0.0511. The molecule has 2 aromatic rings. The van der Waals surface area contributed by atoms with E-state index in [2.05, 4.69) is 27.5 Å². The van der Waals surface area contributed by atoms with E-state index in [1.165, 1.54) is 0 Å². The summed E-state index contributed by atoms with van der Waals surface area (Å²) in [5, 5.41) is 0. The highest BCUT2D eigenvalue weighted by Gasteiger charge is 2.08. The number of nitrogens with zero attached hydrogens (tertiary/aromatic N) is 1. The Hall–Kier alpha value is -2.14. The Balaban J connectivity index is 1.97. The van der Waals surface area contributed by atoms with Crippen molar-refractivity contribution in [3.05, 3.63) is 64.8 Å². The van der Waals surface area contributed by atoms with Crippen molar-refractivity contribution in [1.29, 1.82) is 0 Å². The van der Waals surface area contributed by atoms with Crippen molar-refractivity contribution in [3.8, 4) is 11.6 Å².